The highest BCUT2D eigenvalue weighted by molar-refractivity contribution is 7.89. The molecule has 0 fully saturated rings. The third-order valence-corrected chi connectivity index (χ3v) is 4.86. The number of benzene rings is 2. The standard InChI is InChI=1S/C16H19ClN2O2S/c1-13-5-7-16(8-6-13)22(20,21)19-10-9-18-12-14-3-2-4-15(17)11-14/h2-8,11,18-19H,9-10,12H2,1H3. The van der Waals surface area contributed by atoms with Crippen LogP contribution in [0.1, 0.15) is 11.1 Å². The summed E-state index contributed by atoms with van der Waals surface area (Å²) in [5.41, 5.74) is 2.09. The molecule has 0 aliphatic carbocycles. The van der Waals surface area contributed by atoms with E-state index in [4.69, 9.17) is 11.6 Å². The van der Waals surface area contributed by atoms with E-state index in [0.717, 1.165) is 11.1 Å². The zero-order valence-corrected chi connectivity index (χ0v) is 13.9. The van der Waals surface area contributed by atoms with Gasteiger partial charge in [-0.3, -0.25) is 0 Å². The second kappa shape index (κ2) is 7.74. The zero-order chi connectivity index (χ0) is 16.0. The van der Waals surface area contributed by atoms with Crippen LogP contribution in [-0.4, -0.2) is 21.5 Å². The van der Waals surface area contributed by atoms with Crippen LogP contribution in [0.4, 0.5) is 0 Å². The van der Waals surface area contributed by atoms with Crippen molar-refractivity contribution in [1.29, 1.82) is 0 Å². The number of hydrogen-bond donors (Lipinski definition) is 2. The Bertz CT molecular complexity index is 715. The van der Waals surface area contributed by atoms with Gasteiger partial charge in [-0.2, -0.15) is 0 Å². The van der Waals surface area contributed by atoms with E-state index in [1.807, 2.05) is 31.2 Å². The lowest BCUT2D eigenvalue weighted by atomic mass is 10.2. The minimum Gasteiger partial charge on any atom is -0.311 e. The Labute approximate surface area is 136 Å². The molecule has 118 valence electrons. The van der Waals surface area contributed by atoms with Crippen LogP contribution in [0.3, 0.4) is 0 Å². The fourth-order valence-corrected chi connectivity index (χ4v) is 3.20. The Kier molecular flexibility index (Phi) is 5.97. The van der Waals surface area contributed by atoms with Gasteiger partial charge in [0.15, 0.2) is 0 Å². The predicted octanol–water partition coefficient (Wildman–Crippen LogP) is 2.72. The van der Waals surface area contributed by atoms with Gasteiger partial charge in [0, 0.05) is 24.7 Å². The first-order valence-corrected chi connectivity index (χ1v) is 8.85. The minimum atomic E-state index is -3.44. The second-order valence-corrected chi connectivity index (χ2v) is 7.22. The normalized spacial score (nSPS) is 11.5. The van der Waals surface area contributed by atoms with Crippen molar-refractivity contribution < 1.29 is 8.42 Å². The molecule has 0 radical (unpaired) electrons. The summed E-state index contributed by atoms with van der Waals surface area (Å²) in [6.45, 7) is 3.44. The molecule has 2 rings (SSSR count). The van der Waals surface area contributed by atoms with E-state index >= 15 is 0 Å². The number of hydrogen-bond acceptors (Lipinski definition) is 3. The van der Waals surface area contributed by atoms with Crippen molar-refractivity contribution in [3.63, 3.8) is 0 Å². The van der Waals surface area contributed by atoms with Gasteiger partial charge in [-0.05, 0) is 36.8 Å². The van der Waals surface area contributed by atoms with Gasteiger partial charge in [0.25, 0.3) is 0 Å². The van der Waals surface area contributed by atoms with Gasteiger partial charge >= 0.3 is 0 Å². The van der Waals surface area contributed by atoms with Crippen molar-refractivity contribution in [1.82, 2.24) is 10.0 Å². The van der Waals surface area contributed by atoms with Crippen molar-refractivity contribution in [2.45, 2.75) is 18.4 Å². The van der Waals surface area contributed by atoms with Gasteiger partial charge < -0.3 is 5.32 Å². The van der Waals surface area contributed by atoms with E-state index in [2.05, 4.69) is 10.0 Å². The van der Waals surface area contributed by atoms with Crippen molar-refractivity contribution in [3.05, 3.63) is 64.7 Å². The molecule has 2 aromatic carbocycles. The third kappa shape index (κ3) is 5.10. The van der Waals surface area contributed by atoms with Crippen LogP contribution < -0.4 is 10.0 Å². The van der Waals surface area contributed by atoms with E-state index in [1.165, 1.54) is 0 Å². The summed E-state index contributed by atoms with van der Waals surface area (Å²) < 4.78 is 26.7. The molecule has 2 N–H and O–H groups in total. The van der Waals surface area contributed by atoms with Crippen LogP contribution in [0.5, 0.6) is 0 Å². The molecule has 0 heterocycles. The van der Waals surface area contributed by atoms with Gasteiger partial charge in [-0.25, -0.2) is 13.1 Å². The number of halogens is 1. The molecular weight excluding hydrogens is 320 g/mol. The molecule has 0 unspecified atom stereocenters. The number of rotatable bonds is 7. The summed E-state index contributed by atoms with van der Waals surface area (Å²) in [6.07, 6.45) is 0. The maximum absolute atomic E-state index is 12.1. The molecular formula is C16H19ClN2O2S. The topological polar surface area (TPSA) is 58.2 Å². The Hall–Kier alpha value is -1.40. The SMILES string of the molecule is Cc1ccc(S(=O)(=O)NCCNCc2cccc(Cl)c2)cc1. The Morgan fingerprint density at radius 3 is 2.45 bits per heavy atom. The summed E-state index contributed by atoms with van der Waals surface area (Å²) in [6, 6.07) is 14.3. The molecule has 22 heavy (non-hydrogen) atoms. The van der Waals surface area contributed by atoms with Crippen LogP contribution in [0.15, 0.2) is 53.4 Å². The molecule has 0 aromatic heterocycles. The van der Waals surface area contributed by atoms with Crippen molar-refractivity contribution in [2.75, 3.05) is 13.1 Å². The molecule has 0 amide bonds. The largest absolute Gasteiger partial charge is 0.311 e. The molecule has 6 heteroatoms. The van der Waals surface area contributed by atoms with Crippen LogP contribution in [0, 0.1) is 6.92 Å². The molecule has 0 bridgehead atoms. The van der Waals surface area contributed by atoms with E-state index in [1.54, 1.807) is 24.3 Å². The third-order valence-electron chi connectivity index (χ3n) is 3.14. The van der Waals surface area contributed by atoms with E-state index in [0.29, 0.717) is 24.7 Å². The molecule has 0 atom stereocenters. The summed E-state index contributed by atoms with van der Waals surface area (Å²) in [7, 11) is -3.44. The minimum absolute atomic E-state index is 0.285. The predicted molar refractivity (Wildman–Crippen MR) is 89.5 cm³/mol. The van der Waals surface area contributed by atoms with Crippen LogP contribution >= 0.6 is 11.6 Å². The highest BCUT2D eigenvalue weighted by Crippen LogP contribution is 2.10. The molecule has 0 spiro atoms. The van der Waals surface area contributed by atoms with Crippen molar-refractivity contribution >= 4 is 21.6 Å². The summed E-state index contributed by atoms with van der Waals surface area (Å²) in [5, 5.41) is 3.87. The molecule has 4 nitrogen and oxygen atoms in total. The van der Waals surface area contributed by atoms with Gasteiger partial charge in [0.05, 0.1) is 4.90 Å². The molecule has 0 saturated carbocycles. The quantitative estimate of drug-likeness (QED) is 0.763. The molecule has 0 aliphatic rings. The summed E-state index contributed by atoms with van der Waals surface area (Å²) >= 11 is 5.90. The van der Waals surface area contributed by atoms with Crippen LogP contribution in [0.25, 0.3) is 0 Å². The fraction of sp³-hybridized carbons (Fsp3) is 0.250. The first kappa shape index (κ1) is 17.0. The van der Waals surface area contributed by atoms with Gasteiger partial charge in [-0.1, -0.05) is 41.4 Å². The number of nitrogens with one attached hydrogen (secondary N) is 2. The summed E-state index contributed by atoms with van der Waals surface area (Å²) in [5.74, 6) is 0. The van der Waals surface area contributed by atoms with Crippen LogP contribution in [-0.2, 0) is 16.6 Å². The van der Waals surface area contributed by atoms with Crippen LogP contribution in [0.2, 0.25) is 5.02 Å². The number of sulfonamides is 1. The zero-order valence-electron chi connectivity index (χ0n) is 12.3. The lowest BCUT2D eigenvalue weighted by Crippen LogP contribution is -2.31. The Morgan fingerprint density at radius 1 is 1.05 bits per heavy atom. The van der Waals surface area contributed by atoms with E-state index < -0.39 is 10.0 Å². The average Bonchev–Trinajstić information content (AvgIpc) is 2.47. The maximum atomic E-state index is 12.1. The smallest absolute Gasteiger partial charge is 0.240 e. The van der Waals surface area contributed by atoms with Crippen molar-refractivity contribution in [3.8, 4) is 0 Å². The first-order valence-electron chi connectivity index (χ1n) is 6.99. The van der Waals surface area contributed by atoms with Gasteiger partial charge in [0.1, 0.15) is 0 Å². The van der Waals surface area contributed by atoms with Gasteiger partial charge in [0.2, 0.25) is 10.0 Å². The molecule has 0 aliphatic heterocycles. The van der Waals surface area contributed by atoms with Crippen molar-refractivity contribution in [2.24, 2.45) is 0 Å². The lowest BCUT2D eigenvalue weighted by molar-refractivity contribution is 0.576. The molecule has 2 aromatic rings. The second-order valence-electron chi connectivity index (χ2n) is 5.02. The first-order chi connectivity index (χ1) is 10.5. The van der Waals surface area contributed by atoms with Gasteiger partial charge in [-0.15, -0.1) is 0 Å². The fourth-order valence-electron chi connectivity index (χ4n) is 1.95. The monoisotopic (exact) mass is 338 g/mol. The molecule has 0 saturated heterocycles. The maximum Gasteiger partial charge on any atom is 0.240 e. The highest BCUT2D eigenvalue weighted by atomic mass is 35.5. The summed E-state index contributed by atoms with van der Waals surface area (Å²) in [4.78, 5) is 0.285. The lowest BCUT2D eigenvalue weighted by Gasteiger charge is -2.08. The van der Waals surface area contributed by atoms with E-state index in [-0.39, 0.29) is 4.90 Å². The number of aryl methyl sites for hydroxylation is 1. The van der Waals surface area contributed by atoms with E-state index in [9.17, 15) is 8.42 Å². The highest BCUT2D eigenvalue weighted by Gasteiger charge is 2.12. The average molecular weight is 339 g/mol. The Balaban J connectivity index is 1.77. The Morgan fingerprint density at radius 2 is 1.77 bits per heavy atom.